The number of anilines is 2. The Kier molecular flexibility index (Phi) is 12.0. The fraction of sp³-hybridized carbons (Fsp3) is 0.556. The van der Waals surface area contributed by atoms with Crippen molar-refractivity contribution in [3.05, 3.63) is 53.6 Å². The summed E-state index contributed by atoms with van der Waals surface area (Å²) in [5, 5.41) is 0. The molecule has 2 N–H and O–H groups in total. The lowest BCUT2D eigenvalue weighted by atomic mass is 9.77. The van der Waals surface area contributed by atoms with Gasteiger partial charge in [0.05, 0.1) is 0 Å². The summed E-state index contributed by atoms with van der Waals surface area (Å²) in [5.74, 6) is 1.30. The normalized spacial score (nSPS) is 17.4. The number of rotatable bonds is 5. The first-order valence-corrected chi connectivity index (χ1v) is 12.6. The molecule has 0 aliphatic carbocycles. The van der Waals surface area contributed by atoms with Gasteiger partial charge in [-0.3, -0.25) is 0 Å². The molecule has 3 rings (SSSR count). The predicted molar refractivity (Wildman–Crippen MR) is 139 cm³/mol. The van der Waals surface area contributed by atoms with Gasteiger partial charge in [-0.05, 0) is 79.5 Å². The average molecular weight is 429 g/mol. The molecule has 0 saturated carbocycles. The monoisotopic (exact) mass is 428 g/mol. The van der Waals surface area contributed by atoms with Gasteiger partial charge < -0.3 is 10.6 Å². The topological polar surface area (TPSA) is 29.3 Å². The van der Waals surface area contributed by atoms with Crippen molar-refractivity contribution in [3.8, 4) is 0 Å². The van der Waals surface area contributed by atoms with E-state index < -0.39 is 0 Å². The number of unbranched alkanes of at least 4 members (excludes halogenated alkanes) is 1. The summed E-state index contributed by atoms with van der Waals surface area (Å²) in [6.45, 7) is 10.7. The van der Waals surface area contributed by atoms with Gasteiger partial charge in [-0.25, -0.2) is 0 Å². The Morgan fingerprint density at radius 3 is 2.33 bits per heavy atom. The van der Waals surface area contributed by atoms with Gasteiger partial charge in [0.2, 0.25) is 0 Å². The molecule has 2 aromatic carbocycles. The Morgan fingerprint density at radius 1 is 1.07 bits per heavy atom. The molecule has 2 nitrogen and oxygen atoms in total. The lowest BCUT2D eigenvalue weighted by Gasteiger charge is -2.31. The third-order valence-electron chi connectivity index (χ3n) is 5.87. The van der Waals surface area contributed by atoms with Crippen LogP contribution >= 0.6 is 11.8 Å². The van der Waals surface area contributed by atoms with Gasteiger partial charge >= 0.3 is 0 Å². The Labute approximate surface area is 190 Å². The van der Waals surface area contributed by atoms with E-state index in [1.54, 1.807) is 5.56 Å². The number of fused-ring (bicyclic) bond motifs is 1. The minimum Gasteiger partial charge on any atom is -0.399 e. The number of nitrogens with two attached hydrogens (primary N) is 1. The van der Waals surface area contributed by atoms with Gasteiger partial charge in [0.25, 0.3) is 0 Å². The fourth-order valence-electron chi connectivity index (χ4n) is 3.76. The second kappa shape index (κ2) is 13.6. The Balaban J connectivity index is 0.000000375. The van der Waals surface area contributed by atoms with Crippen LogP contribution < -0.4 is 10.6 Å². The van der Waals surface area contributed by atoms with Crippen molar-refractivity contribution < 1.29 is 0 Å². The van der Waals surface area contributed by atoms with Gasteiger partial charge in [0.15, 0.2) is 0 Å². The number of nitrogen functional groups attached to an aromatic ring is 1. The first-order valence-electron chi connectivity index (χ1n) is 11.6. The van der Waals surface area contributed by atoms with Gasteiger partial charge in [-0.1, -0.05) is 52.7 Å². The molecule has 168 valence electrons. The van der Waals surface area contributed by atoms with E-state index in [0.717, 1.165) is 5.69 Å². The maximum Gasteiger partial charge on any atom is 0.0364 e. The van der Waals surface area contributed by atoms with Crippen LogP contribution in [0, 0.1) is 12.3 Å². The van der Waals surface area contributed by atoms with Crippen molar-refractivity contribution in [2.75, 3.05) is 30.5 Å². The highest BCUT2D eigenvalue weighted by molar-refractivity contribution is 7.99. The molecule has 1 aliphatic rings. The van der Waals surface area contributed by atoms with Gasteiger partial charge in [-0.2, -0.15) is 0 Å². The quantitative estimate of drug-likeness (QED) is 0.489. The summed E-state index contributed by atoms with van der Waals surface area (Å²) in [5.41, 5.74) is 11.0. The van der Waals surface area contributed by atoms with E-state index in [4.69, 9.17) is 5.73 Å². The van der Waals surface area contributed by atoms with Gasteiger partial charge in [0, 0.05) is 36.1 Å². The first kappa shape index (κ1) is 26.4. The van der Waals surface area contributed by atoms with E-state index in [-0.39, 0.29) is 0 Å². The molecule has 0 aromatic heterocycles. The Hall–Kier alpha value is -1.61. The molecule has 3 heteroatoms. The molecule has 0 radical (unpaired) electrons. The number of thioether (sulfide) groups is 1. The van der Waals surface area contributed by atoms with Crippen molar-refractivity contribution in [1.29, 1.82) is 0 Å². The summed E-state index contributed by atoms with van der Waals surface area (Å²) < 4.78 is 0. The fourth-order valence-corrected chi connectivity index (χ4v) is 5.22. The first-order chi connectivity index (χ1) is 14.4. The van der Waals surface area contributed by atoms with Crippen LogP contribution in [-0.4, -0.2) is 19.8 Å². The molecule has 0 bridgehead atoms. The van der Waals surface area contributed by atoms with Gasteiger partial charge in [0.1, 0.15) is 0 Å². The maximum absolute atomic E-state index is 5.46. The highest BCUT2D eigenvalue weighted by atomic mass is 32.2. The van der Waals surface area contributed by atoms with Crippen LogP contribution in [0.2, 0.25) is 0 Å². The molecule has 0 unspecified atom stereocenters. The number of aryl methyl sites for hydroxylation is 2. The number of hydrogen-bond acceptors (Lipinski definition) is 3. The van der Waals surface area contributed by atoms with Crippen molar-refractivity contribution in [2.24, 2.45) is 5.41 Å². The van der Waals surface area contributed by atoms with E-state index in [2.05, 4.69) is 62.8 Å². The lowest BCUT2D eigenvalue weighted by Crippen LogP contribution is -2.22. The summed E-state index contributed by atoms with van der Waals surface area (Å²) in [6.07, 6.45) is 8.05. The molecule has 1 atom stereocenters. The molecular weight excluding hydrogens is 384 g/mol. The van der Waals surface area contributed by atoms with Gasteiger partial charge in [-0.15, -0.1) is 11.8 Å². The highest BCUT2D eigenvalue weighted by Gasteiger charge is 2.30. The van der Waals surface area contributed by atoms with Crippen LogP contribution in [0.4, 0.5) is 11.4 Å². The van der Waals surface area contributed by atoms with E-state index in [0.29, 0.717) is 5.41 Å². The minimum absolute atomic E-state index is 0.567. The second-order valence-corrected chi connectivity index (χ2v) is 9.36. The van der Waals surface area contributed by atoms with Crippen molar-refractivity contribution in [1.82, 2.24) is 0 Å². The Bertz CT molecular complexity index is 724. The molecule has 0 fully saturated rings. The van der Waals surface area contributed by atoms with Crippen molar-refractivity contribution in [2.45, 2.75) is 78.0 Å². The SMILES string of the molecule is CC.CCCC[C@@]1(CC)CCc2cc(N(C)C)ccc2SC1.Cc1cccc(N)c1. The summed E-state index contributed by atoms with van der Waals surface area (Å²) in [6, 6.07) is 14.8. The van der Waals surface area contributed by atoms with E-state index in [1.165, 1.54) is 60.4 Å². The predicted octanol–water partition coefficient (Wildman–Crippen LogP) is 7.98. The molecule has 1 aliphatic heterocycles. The second-order valence-electron chi connectivity index (χ2n) is 8.35. The van der Waals surface area contributed by atoms with Crippen LogP contribution in [0.3, 0.4) is 0 Å². The van der Waals surface area contributed by atoms with Crippen LogP contribution in [0.1, 0.15) is 70.9 Å². The number of benzene rings is 2. The maximum atomic E-state index is 5.46. The largest absolute Gasteiger partial charge is 0.399 e. The zero-order chi connectivity index (χ0) is 22.6. The smallest absolute Gasteiger partial charge is 0.0364 e. The third-order valence-corrected chi connectivity index (χ3v) is 7.34. The lowest BCUT2D eigenvalue weighted by molar-refractivity contribution is 0.262. The molecule has 0 spiro atoms. The third kappa shape index (κ3) is 8.26. The standard InChI is InChI=1S/C18H29NS.C7H9N.C2H6/c1-5-7-11-18(6-2)12-10-15-13-16(19(3)4)8-9-17(15)20-14-18;1-6-3-2-4-7(8)5-6;1-2/h8-9,13H,5-7,10-12,14H2,1-4H3;2-5H,8H2,1H3;1-2H3/t18-;;/m0../s1. The molecule has 0 amide bonds. The zero-order valence-electron chi connectivity index (χ0n) is 20.4. The molecule has 1 heterocycles. The van der Waals surface area contributed by atoms with E-state index in [1.807, 2.05) is 45.0 Å². The highest BCUT2D eigenvalue weighted by Crippen LogP contribution is 2.44. The minimum atomic E-state index is 0.567. The van der Waals surface area contributed by atoms with Crippen LogP contribution in [0.15, 0.2) is 47.4 Å². The number of nitrogens with zero attached hydrogens (tertiary/aromatic N) is 1. The molecule has 2 aromatic rings. The van der Waals surface area contributed by atoms with Crippen LogP contribution in [0.25, 0.3) is 0 Å². The molecular formula is C27H44N2S. The Morgan fingerprint density at radius 2 is 1.80 bits per heavy atom. The summed E-state index contributed by atoms with van der Waals surface area (Å²) in [7, 11) is 4.26. The molecule has 30 heavy (non-hydrogen) atoms. The van der Waals surface area contributed by atoms with Crippen LogP contribution in [0.5, 0.6) is 0 Å². The summed E-state index contributed by atoms with van der Waals surface area (Å²) in [4.78, 5) is 3.72. The van der Waals surface area contributed by atoms with E-state index in [9.17, 15) is 0 Å². The van der Waals surface area contributed by atoms with Crippen molar-refractivity contribution >= 4 is 23.1 Å². The van der Waals surface area contributed by atoms with Crippen molar-refractivity contribution in [3.63, 3.8) is 0 Å². The van der Waals surface area contributed by atoms with E-state index >= 15 is 0 Å². The average Bonchev–Trinajstić information content (AvgIpc) is 2.94. The molecule has 0 saturated heterocycles. The number of hydrogen-bond donors (Lipinski definition) is 1. The van der Waals surface area contributed by atoms with Crippen LogP contribution in [-0.2, 0) is 6.42 Å². The summed E-state index contributed by atoms with van der Waals surface area (Å²) >= 11 is 2.09. The zero-order valence-corrected chi connectivity index (χ0v) is 21.2.